The van der Waals surface area contributed by atoms with Gasteiger partial charge in [0.2, 0.25) is 5.91 Å². The smallest absolute Gasteiger partial charge is 0.376 e. The van der Waals surface area contributed by atoms with Crippen LogP contribution in [0, 0.1) is 0 Å². The number of halogens is 3. The zero-order valence-electron chi connectivity index (χ0n) is 17.0. The highest BCUT2D eigenvalue weighted by Gasteiger charge is 2.35. The summed E-state index contributed by atoms with van der Waals surface area (Å²) < 4.78 is 46.5. The second kappa shape index (κ2) is 9.17. The fourth-order valence-corrected chi connectivity index (χ4v) is 3.87. The minimum Gasteiger partial charge on any atom is -0.376 e. The molecule has 7 nitrogen and oxygen atoms in total. The SMILES string of the molecule is O=C(CN(C[C@H]1CCCO1)c1cc(C(F)(F)F)nc(-c2cccnc2)n1)N1CCCC1. The van der Waals surface area contributed by atoms with E-state index >= 15 is 0 Å². The van der Waals surface area contributed by atoms with E-state index < -0.39 is 11.9 Å². The topological polar surface area (TPSA) is 71.5 Å². The first-order chi connectivity index (χ1) is 14.9. The van der Waals surface area contributed by atoms with E-state index in [-0.39, 0.29) is 30.2 Å². The molecule has 0 bridgehead atoms. The lowest BCUT2D eigenvalue weighted by atomic mass is 10.2. The quantitative estimate of drug-likeness (QED) is 0.694. The number of carbonyl (C=O) groups excluding carboxylic acids is 1. The molecule has 0 unspecified atom stereocenters. The number of nitrogens with zero attached hydrogens (tertiary/aromatic N) is 5. The number of pyridine rings is 1. The molecule has 0 aromatic carbocycles. The lowest BCUT2D eigenvalue weighted by molar-refractivity contribution is -0.141. The van der Waals surface area contributed by atoms with Gasteiger partial charge in [0.25, 0.3) is 0 Å². The predicted octanol–water partition coefficient (Wildman–Crippen LogP) is 3.17. The Morgan fingerprint density at radius 3 is 2.68 bits per heavy atom. The number of hydrogen-bond donors (Lipinski definition) is 0. The van der Waals surface area contributed by atoms with Crippen LogP contribution in [-0.2, 0) is 15.7 Å². The Morgan fingerprint density at radius 1 is 1.23 bits per heavy atom. The molecule has 0 spiro atoms. The van der Waals surface area contributed by atoms with Crippen LogP contribution in [0.25, 0.3) is 11.4 Å². The van der Waals surface area contributed by atoms with Crippen molar-refractivity contribution >= 4 is 11.7 Å². The van der Waals surface area contributed by atoms with Gasteiger partial charge in [-0.3, -0.25) is 9.78 Å². The van der Waals surface area contributed by atoms with Crippen molar-refractivity contribution in [2.75, 3.05) is 37.7 Å². The van der Waals surface area contributed by atoms with Crippen molar-refractivity contribution in [3.63, 3.8) is 0 Å². The number of likely N-dealkylation sites (tertiary alicyclic amines) is 1. The molecule has 4 rings (SSSR count). The van der Waals surface area contributed by atoms with Crippen LogP contribution in [0.2, 0.25) is 0 Å². The van der Waals surface area contributed by atoms with Crippen molar-refractivity contribution < 1.29 is 22.7 Å². The van der Waals surface area contributed by atoms with Gasteiger partial charge in [-0.05, 0) is 37.8 Å². The van der Waals surface area contributed by atoms with E-state index in [1.807, 2.05) is 0 Å². The van der Waals surface area contributed by atoms with Crippen LogP contribution in [0.3, 0.4) is 0 Å². The average molecular weight is 435 g/mol. The molecule has 4 heterocycles. The van der Waals surface area contributed by atoms with Crippen LogP contribution in [0.1, 0.15) is 31.4 Å². The molecule has 0 radical (unpaired) electrons. The van der Waals surface area contributed by atoms with Gasteiger partial charge in [-0.1, -0.05) is 0 Å². The molecular weight excluding hydrogens is 411 g/mol. The largest absolute Gasteiger partial charge is 0.433 e. The third kappa shape index (κ3) is 5.30. The first-order valence-corrected chi connectivity index (χ1v) is 10.4. The Labute approximate surface area is 178 Å². The monoisotopic (exact) mass is 435 g/mol. The number of anilines is 1. The van der Waals surface area contributed by atoms with E-state index in [4.69, 9.17) is 4.74 Å². The minimum absolute atomic E-state index is 0.0549. The lowest BCUT2D eigenvalue weighted by Crippen LogP contribution is -2.42. The molecule has 31 heavy (non-hydrogen) atoms. The Balaban J connectivity index is 1.70. The third-order valence-corrected chi connectivity index (χ3v) is 5.48. The molecule has 0 aliphatic carbocycles. The van der Waals surface area contributed by atoms with Crippen molar-refractivity contribution in [3.8, 4) is 11.4 Å². The van der Waals surface area contributed by atoms with Gasteiger partial charge in [-0.15, -0.1) is 0 Å². The van der Waals surface area contributed by atoms with Crippen LogP contribution in [0.4, 0.5) is 19.0 Å². The van der Waals surface area contributed by atoms with Crippen molar-refractivity contribution in [1.29, 1.82) is 0 Å². The van der Waals surface area contributed by atoms with E-state index in [0.717, 1.165) is 31.7 Å². The lowest BCUT2D eigenvalue weighted by Gasteiger charge is -2.28. The summed E-state index contributed by atoms with van der Waals surface area (Å²) in [5.74, 6) is -0.140. The van der Waals surface area contributed by atoms with Gasteiger partial charge in [-0.2, -0.15) is 13.2 Å². The molecule has 2 aliphatic heterocycles. The summed E-state index contributed by atoms with van der Waals surface area (Å²) in [6.07, 6.45) is 1.69. The fourth-order valence-electron chi connectivity index (χ4n) is 3.87. The molecule has 2 aromatic rings. The maximum atomic E-state index is 13.6. The summed E-state index contributed by atoms with van der Waals surface area (Å²) in [6.45, 7) is 2.19. The summed E-state index contributed by atoms with van der Waals surface area (Å²) >= 11 is 0. The second-order valence-corrected chi connectivity index (χ2v) is 7.78. The first kappa shape index (κ1) is 21.5. The minimum atomic E-state index is -4.65. The normalized spacial score (nSPS) is 19.1. The van der Waals surface area contributed by atoms with Crippen molar-refractivity contribution in [3.05, 3.63) is 36.3 Å². The van der Waals surface area contributed by atoms with Crippen LogP contribution in [-0.4, -0.2) is 64.6 Å². The maximum absolute atomic E-state index is 13.6. The van der Waals surface area contributed by atoms with Gasteiger partial charge in [0.05, 0.1) is 12.6 Å². The average Bonchev–Trinajstić information content (AvgIpc) is 3.47. The third-order valence-electron chi connectivity index (χ3n) is 5.48. The zero-order valence-corrected chi connectivity index (χ0v) is 17.0. The molecule has 0 saturated carbocycles. The van der Waals surface area contributed by atoms with Crippen LogP contribution in [0.15, 0.2) is 30.6 Å². The van der Waals surface area contributed by atoms with Crippen molar-refractivity contribution in [1.82, 2.24) is 19.9 Å². The number of hydrogen-bond acceptors (Lipinski definition) is 6. The Bertz CT molecular complexity index is 898. The molecule has 0 N–H and O–H groups in total. The molecule has 2 saturated heterocycles. The van der Waals surface area contributed by atoms with E-state index in [2.05, 4.69) is 15.0 Å². The van der Waals surface area contributed by atoms with Gasteiger partial charge >= 0.3 is 6.18 Å². The van der Waals surface area contributed by atoms with E-state index in [1.54, 1.807) is 21.9 Å². The number of carbonyl (C=O) groups is 1. The Morgan fingerprint density at radius 2 is 2.03 bits per heavy atom. The predicted molar refractivity (Wildman–Crippen MR) is 107 cm³/mol. The molecule has 1 atom stereocenters. The number of alkyl halides is 3. The number of ether oxygens (including phenoxy) is 1. The van der Waals surface area contributed by atoms with Crippen LogP contribution in [0.5, 0.6) is 0 Å². The van der Waals surface area contributed by atoms with Crippen molar-refractivity contribution in [2.45, 2.75) is 38.0 Å². The van der Waals surface area contributed by atoms with Gasteiger partial charge in [-0.25, -0.2) is 9.97 Å². The Hall–Kier alpha value is -2.75. The second-order valence-electron chi connectivity index (χ2n) is 7.78. The number of aromatic nitrogens is 3. The molecule has 2 fully saturated rings. The van der Waals surface area contributed by atoms with E-state index in [9.17, 15) is 18.0 Å². The first-order valence-electron chi connectivity index (χ1n) is 10.4. The van der Waals surface area contributed by atoms with Crippen LogP contribution >= 0.6 is 0 Å². The standard InChI is InChI=1S/C21H24F3N5O2/c22-21(23,24)17-11-18(27-20(26-17)15-5-3-7-25-12-15)29(13-16-6-4-10-31-16)14-19(30)28-8-1-2-9-28/h3,5,7,11-12,16H,1-2,4,6,8-10,13-14H2/t16-/m1/s1. The van der Waals surface area contributed by atoms with Gasteiger partial charge in [0.15, 0.2) is 11.5 Å². The number of amides is 1. The van der Waals surface area contributed by atoms with Crippen LogP contribution < -0.4 is 4.90 Å². The highest BCUT2D eigenvalue weighted by Crippen LogP contribution is 2.32. The van der Waals surface area contributed by atoms with Gasteiger partial charge in [0.1, 0.15) is 5.82 Å². The highest BCUT2D eigenvalue weighted by molar-refractivity contribution is 5.81. The molecular formula is C21H24F3N5O2. The van der Waals surface area contributed by atoms with Gasteiger partial charge < -0.3 is 14.5 Å². The highest BCUT2D eigenvalue weighted by atomic mass is 19.4. The molecule has 2 aromatic heterocycles. The molecule has 166 valence electrons. The number of rotatable bonds is 6. The summed E-state index contributed by atoms with van der Waals surface area (Å²) in [5.41, 5.74) is -0.680. The zero-order chi connectivity index (χ0) is 21.8. The van der Waals surface area contributed by atoms with E-state index in [1.165, 1.54) is 12.4 Å². The van der Waals surface area contributed by atoms with Gasteiger partial charge in [0, 0.05) is 50.3 Å². The molecule has 1 amide bonds. The molecule has 10 heteroatoms. The van der Waals surface area contributed by atoms with Crippen molar-refractivity contribution in [2.24, 2.45) is 0 Å². The summed E-state index contributed by atoms with van der Waals surface area (Å²) in [7, 11) is 0. The van der Waals surface area contributed by atoms with E-state index in [0.29, 0.717) is 31.8 Å². The Kier molecular flexibility index (Phi) is 6.35. The summed E-state index contributed by atoms with van der Waals surface area (Å²) in [5, 5.41) is 0. The molecule has 2 aliphatic rings. The fraction of sp³-hybridized carbons (Fsp3) is 0.524. The maximum Gasteiger partial charge on any atom is 0.433 e. The summed E-state index contributed by atoms with van der Waals surface area (Å²) in [6, 6.07) is 4.12. The summed E-state index contributed by atoms with van der Waals surface area (Å²) in [4.78, 5) is 28.2.